The maximum Gasteiger partial charge on any atom is 0.307 e. The molecule has 3 aromatic rings. The molecule has 0 aliphatic rings. The molecule has 7 nitrogen and oxygen atoms in total. The number of aromatic amines is 1. The summed E-state index contributed by atoms with van der Waals surface area (Å²) in [5, 5.41) is 16.4. The second-order valence-corrected chi connectivity index (χ2v) is 7.13. The fourth-order valence-corrected chi connectivity index (χ4v) is 3.50. The quantitative estimate of drug-likeness (QED) is 0.657. The number of carboxylic acid groups (broad SMARTS) is 1. The van der Waals surface area contributed by atoms with E-state index in [4.69, 9.17) is 5.11 Å². The zero-order chi connectivity index (χ0) is 17.3. The number of rotatable bonds is 5. The van der Waals surface area contributed by atoms with Crippen molar-refractivity contribution in [2.45, 2.75) is 18.2 Å². The number of sulfonamides is 1. The average molecular weight is 345 g/mol. The van der Waals surface area contributed by atoms with E-state index in [9.17, 15) is 13.2 Å². The van der Waals surface area contributed by atoms with Gasteiger partial charge >= 0.3 is 5.97 Å². The third-order valence-corrected chi connectivity index (χ3v) is 5.00. The molecule has 0 saturated heterocycles. The molecule has 24 heavy (non-hydrogen) atoms. The van der Waals surface area contributed by atoms with Crippen molar-refractivity contribution in [3.8, 4) is 0 Å². The van der Waals surface area contributed by atoms with Crippen LogP contribution in [0.4, 0.5) is 5.69 Å². The number of nitrogens with zero attached hydrogens (tertiary/aromatic N) is 1. The fourth-order valence-electron chi connectivity index (χ4n) is 2.46. The Kier molecular flexibility index (Phi) is 3.98. The second kappa shape index (κ2) is 5.97. The first-order valence-electron chi connectivity index (χ1n) is 7.12. The molecule has 0 radical (unpaired) electrons. The van der Waals surface area contributed by atoms with Crippen LogP contribution in [0.3, 0.4) is 0 Å². The van der Waals surface area contributed by atoms with E-state index in [1.54, 1.807) is 18.3 Å². The van der Waals surface area contributed by atoms with Gasteiger partial charge in [-0.25, -0.2) is 8.42 Å². The molecule has 0 saturated carbocycles. The maximum absolute atomic E-state index is 12.5. The summed E-state index contributed by atoms with van der Waals surface area (Å²) < 4.78 is 27.5. The Labute approximate surface area is 138 Å². The van der Waals surface area contributed by atoms with Crippen molar-refractivity contribution >= 4 is 32.6 Å². The Bertz CT molecular complexity index is 1010. The Hall–Kier alpha value is -2.87. The predicted octanol–water partition coefficient (Wildman–Crippen LogP) is 2.30. The summed E-state index contributed by atoms with van der Waals surface area (Å²) in [4.78, 5) is 10.7. The lowest BCUT2D eigenvalue weighted by molar-refractivity contribution is -0.136. The first-order chi connectivity index (χ1) is 11.3. The molecule has 1 aromatic heterocycles. The lowest BCUT2D eigenvalue weighted by Crippen LogP contribution is -2.13. The summed E-state index contributed by atoms with van der Waals surface area (Å²) in [6, 6.07) is 9.17. The van der Waals surface area contributed by atoms with Gasteiger partial charge in [0.25, 0.3) is 10.0 Å². The third kappa shape index (κ3) is 3.23. The Morgan fingerprint density at radius 2 is 1.96 bits per heavy atom. The summed E-state index contributed by atoms with van der Waals surface area (Å²) in [7, 11) is -3.76. The fraction of sp³-hybridized carbons (Fsp3) is 0.125. The summed E-state index contributed by atoms with van der Waals surface area (Å²) >= 11 is 0. The molecule has 0 aliphatic carbocycles. The van der Waals surface area contributed by atoms with Gasteiger partial charge < -0.3 is 5.11 Å². The van der Waals surface area contributed by atoms with Gasteiger partial charge in [-0.1, -0.05) is 12.1 Å². The molecule has 0 aliphatic heterocycles. The van der Waals surface area contributed by atoms with E-state index in [-0.39, 0.29) is 11.3 Å². The lowest BCUT2D eigenvalue weighted by atomic mass is 10.1. The summed E-state index contributed by atoms with van der Waals surface area (Å²) in [5.74, 6) is -0.966. The Balaban J connectivity index is 1.88. The van der Waals surface area contributed by atoms with Crippen LogP contribution in [0, 0.1) is 6.92 Å². The zero-order valence-corrected chi connectivity index (χ0v) is 13.6. The van der Waals surface area contributed by atoms with E-state index >= 15 is 0 Å². The SMILES string of the molecule is Cc1cc(NS(=O)(=O)c2ccc(CC(=O)O)cc2)cc2[nH]ncc12. The molecular weight excluding hydrogens is 330 g/mol. The van der Waals surface area contributed by atoms with E-state index in [0.29, 0.717) is 11.3 Å². The summed E-state index contributed by atoms with van der Waals surface area (Å²) in [6.07, 6.45) is 1.54. The van der Waals surface area contributed by atoms with Crippen molar-refractivity contribution in [3.63, 3.8) is 0 Å². The van der Waals surface area contributed by atoms with Crippen molar-refractivity contribution in [1.82, 2.24) is 10.2 Å². The number of nitrogens with one attached hydrogen (secondary N) is 2. The van der Waals surface area contributed by atoms with Crippen LogP contribution in [-0.2, 0) is 21.2 Å². The number of aliphatic carboxylic acids is 1. The van der Waals surface area contributed by atoms with Gasteiger partial charge in [0.15, 0.2) is 0 Å². The van der Waals surface area contributed by atoms with Crippen molar-refractivity contribution in [2.24, 2.45) is 0 Å². The average Bonchev–Trinajstić information content (AvgIpc) is 2.95. The number of carboxylic acids is 1. The number of aromatic nitrogens is 2. The minimum absolute atomic E-state index is 0.0685. The van der Waals surface area contributed by atoms with Crippen molar-refractivity contribution in [2.75, 3.05) is 4.72 Å². The van der Waals surface area contributed by atoms with E-state index in [2.05, 4.69) is 14.9 Å². The molecule has 3 rings (SSSR count). The largest absolute Gasteiger partial charge is 0.481 e. The zero-order valence-electron chi connectivity index (χ0n) is 12.8. The van der Waals surface area contributed by atoms with E-state index in [1.165, 1.54) is 24.3 Å². The molecule has 0 unspecified atom stereocenters. The predicted molar refractivity (Wildman–Crippen MR) is 89.4 cm³/mol. The van der Waals surface area contributed by atoms with E-state index in [0.717, 1.165) is 16.5 Å². The molecule has 1 heterocycles. The van der Waals surface area contributed by atoms with E-state index in [1.807, 2.05) is 6.92 Å². The molecule has 0 fully saturated rings. The summed E-state index contributed by atoms with van der Waals surface area (Å²) in [5.41, 5.74) is 2.61. The van der Waals surface area contributed by atoms with Crippen LogP contribution in [0.2, 0.25) is 0 Å². The highest BCUT2D eigenvalue weighted by molar-refractivity contribution is 7.92. The Morgan fingerprint density at radius 3 is 2.62 bits per heavy atom. The van der Waals surface area contributed by atoms with Gasteiger partial charge in [-0.05, 0) is 42.3 Å². The number of aryl methyl sites for hydroxylation is 1. The van der Waals surface area contributed by atoms with Crippen molar-refractivity contribution in [1.29, 1.82) is 0 Å². The first-order valence-corrected chi connectivity index (χ1v) is 8.61. The molecule has 3 N–H and O–H groups in total. The Morgan fingerprint density at radius 1 is 1.25 bits per heavy atom. The van der Waals surface area contributed by atoms with Gasteiger partial charge in [0, 0.05) is 5.39 Å². The molecular formula is C16H15N3O4S. The van der Waals surface area contributed by atoms with Crippen LogP contribution in [0.5, 0.6) is 0 Å². The number of hydrogen-bond acceptors (Lipinski definition) is 4. The molecule has 0 spiro atoms. The lowest BCUT2D eigenvalue weighted by Gasteiger charge is -2.10. The highest BCUT2D eigenvalue weighted by atomic mass is 32.2. The van der Waals surface area contributed by atoms with Crippen LogP contribution >= 0.6 is 0 Å². The monoisotopic (exact) mass is 345 g/mol. The van der Waals surface area contributed by atoms with Crippen molar-refractivity contribution in [3.05, 3.63) is 53.7 Å². The van der Waals surface area contributed by atoms with Crippen LogP contribution < -0.4 is 4.72 Å². The van der Waals surface area contributed by atoms with Gasteiger partial charge in [0.05, 0.1) is 28.7 Å². The highest BCUT2D eigenvalue weighted by Crippen LogP contribution is 2.24. The van der Waals surface area contributed by atoms with Crippen molar-refractivity contribution < 1.29 is 18.3 Å². The van der Waals surface area contributed by atoms with Gasteiger partial charge in [-0.2, -0.15) is 5.10 Å². The van der Waals surface area contributed by atoms with Crippen LogP contribution in [0.25, 0.3) is 10.9 Å². The third-order valence-electron chi connectivity index (χ3n) is 3.61. The van der Waals surface area contributed by atoms with Gasteiger partial charge in [0.2, 0.25) is 0 Å². The minimum Gasteiger partial charge on any atom is -0.481 e. The minimum atomic E-state index is -3.76. The number of anilines is 1. The molecule has 8 heteroatoms. The maximum atomic E-state index is 12.5. The normalized spacial score (nSPS) is 11.5. The van der Waals surface area contributed by atoms with Gasteiger partial charge in [-0.15, -0.1) is 0 Å². The molecule has 0 atom stereocenters. The number of carbonyl (C=O) groups is 1. The number of fused-ring (bicyclic) bond motifs is 1. The number of benzene rings is 2. The van der Waals surface area contributed by atoms with Crippen LogP contribution in [-0.4, -0.2) is 29.7 Å². The number of hydrogen-bond donors (Lipinski definition) is 3. The van der Waals surface area contributed by atoms with Gasteiger partial charge in [-0.3, -0.25) is 14.6 Å². The molecule has 124 valence electrons. The van der Waals surface area contributed by atoms with Crippen LogP contribution in [0.15, 0.2) is 47.5 Å². The molecule has 2 aromatic carbocycles. The van der Waals surface area contributed by atoms with Gasteiger partial charge in [0.1, 0.15) is 0 Å². The highest BCUT2D eigenvalue weighted by Gasteiger charge is 2.15. The molecule has 0 amide bonds. The number of H-pyrrole nitrogens is 1. The smallest absolute Gasteiger partial charge is 0.307 e. The topological polar surface area (TPSA) is 112 Å². The molecule has 0 bridgehead atoms. The van der Waals surface area contributed by atoms with E-state index < -0.39 is 16.0 Å². The summed E-state index contributed by atoms with van der Waals surface area (Å²) in [6.45, 7) is 1.87. The first kappa shape index (κ1) is 16.0. The second-order valence-electron chi connectivity index (χ2n) is 5.44. The standard InChI is InChI=1S/C16H15N3O4S/c1-10-6-12(8-15-14(10)9-17-18-15)19-24(22,23)13-4-2-11(3-5-13)7-16(20)21/h2-6,8-9,19H,7H2,1H3,(H,17,18)(H,20,21). The van der Waals surface area contributed by atoms with Crippen LogP contribution in [0.1, 0.15) is 11.1 Å².